The Hall–Kier alpha value is -1.80. The molecular weight excluding hydrogens is 356 g/mol. The first kappa shape index (κ1) is 23.5. The first-order valence-corrected chi connectivity index (χ1v) is 11.7. The van der Waals surface area contributed by atoms with E-state index in [1.165, 1.54) is 61.6 Å². The molecule has 0 spiro atoms. The highest BCUT2D eigenvalue weighted by atomic mass is 16.5. The quantitative estimate of drug-likeness (QED) is 0.285. The Morgan fingerprint density at radius 2 is 1.28 bits per heavy atom. The van der Waals surface area contributed by atoms with Crippen LogP contribution in [0.4, 0.5) is 0 Å². The minimum atomic E-state index is 0.125. The minimum Gasteiger partial charge on any atom is -0.491 e. The second kappa shape index (κ2) is 14.2. The van der Waals surface area contributed by atoms with Gasteiger partial charge in [0.25, 0.3) is 0 Å². The molecule has 0 aliphatic heterocycles. The summed E-state index contributed by atoms with van der Waals surface area (Å²) in [6, 6.07) is 17.4. The average Bonchev–Trinajstić information content (AvgIpc) is 2.76. The molecule has 29 heavy (non-hydrogen) atoms. The molecule has 2 rings (SSSR count). The smallest absolute Gasteiger partial charge is 0.119 e. The highest BCUT2D eigenvalue weighted by Crippen LogP contribution is 2.23. The van der Waals surface area contributed by atoms with Gasteiger partial charge >= 0.3 is 0 Å². The minimum absolute atomic E-state index is 0.125. The lowest BCUT2D eigenvalue weighted by molar-refractivity contribution is 0.0309. The molecule has 0 fully saturated rings. The van der Waals surface area contributed by atoms with Crippen LogP contribution in [0, 0.1) is 0 Å². The van der Waals surface area contributed by atoms with E-state index in [2.05, 4.69) is 69.3 Å². The molecule has 2 nitrogen and oxygen atoms in total. The fraction of sp³-hybridized carbons (Fsp3) is 0.556. The van der Waals surface area contributed by atoms with Crippen LogP contribution in [-0.4, -0.2) is 19.3 Å². The number of benzene rings is 2. The van der Waals surface area contributed by atoms with Gasteiger partial charge in [-0.2, -0.15) is 0 Å². The second-order valence-corrected chi connectivity index (χ2v) is 8.09. The number of hydrogen-bond acceptors (Lipinski definition) is 2. The van der Waals surface area contributed by atoms with Crippen molar-refractivity contribution in [2.45, 2.75) is 84.7 Å². The van der Waals surface area contributed by atoms with Crippen LogP contribution in [0.2, 0.25) is 0 Å². The van der Waals surface area contributed by atoms with Gasteiger partial charge in [0.15, 0.2) is 0 Å². The van der Waals surface area contributed by atoms with Gasteiger partial charge in [-0.1, -0.05) is 88.8 Å². The van der Waals surface area contributed by atoms with E-state index in [1.54, 1.807) is 0 Å². The van der Waals surface area contributed by atoms with Gasteiger partial charge in [0.1, 0.15) is 12.4 Å². The SMILES string of the molecule is CCCCCCCCc1ccc(-c2ccc(OC[C@H](C)OCCCC)cc2)cc1. The summed E-state index contributed by atoms with van der Waals surface area (Å²) < 4.78 is 11.6. The molecule has 0 saturated carbocycles. The fourth-order valence-electron chi connectivity index (χ4n) is 3.41. The van der Waals surface area contributed by atoms with Crippen LogP contribution in [0.1, 0.15) is 77.7 Å². The van der Waals surface area contributed by atoms with Crippen LogP contribution in [0.15, 0.2) is 48.5 Å². The highest BCUT2D eigenvalue weighted by Gasteiger charge is 2.04. The molecule has 0 heterocycles. The predicted molar refractivity (Wildman–Crippen MR) is 125 cm³/mol. The van der Waals surface area contributed by atoms with Gasteiger partial charge in [-0.15, -0.1) is 0 Å². The third-order valence-corrected chi connectivity index (χ3v) is 5.35. The van der Waals surface area contributed by atoms with Crippen LogP contribution in [0.25, 0.3) is 11.1 Å². The summed E-state index contributed by atoms with van der Waals surface area (Å²) in [4.78, 5) is 0. The second-order valence-electron chi connectivity index (χ2n) is 8.09. The normalized spacial score (nSPS) is 12.1. The summed E-state index contributed by atoms with van der Waals surface area (Å²) in [7, 11) is 0. The lowest BCUT2D eigenvalue weighted by atomic mass is 10.0. The molecule has 0 aliphatic carbocycles. The molecule has 2 aromatic rings. The Balaban J connectivity index is 1.74. The van der Waals surface area contributed by atoms with Crippen molar-refractivity contribution in [3.05, 3.63) is 54.1 Å². The monoisotopic (exact) mass is 396 g/mol. The zero-order valence-corrected chi connectivity index (χ0v) is 18.8. The average molecular weight is 397 g/mol. The number of hydrogen-bond donors (Lipinski definition) is 0. The van der Waals surface area contributed by atoms with Crippen LogP contribution in [0.5, 0.6) is 5.75 Å². The van der Waals surface area contributed by atoms with E-state index < -0.39 is 0 Å². The van der Waals surface area contributed by atoms with Crippen molar-refractivity contribution in [1.29, 1.82) is 0 Å². The topological polar surface area (TPSA) is 18.5 Å². The van der Waals surface area contributed by atoms with Crippen LogP contribution in [-0.2, 0) is 11.2 Å². The van der Waals surface area contributed by atoms with Crippen molar-refractivity contribution in [3.63, 3.8) is 0 Å². The van der Waals surface area contributed by atoms with Crippen molar-refractivity contribution in [2.24, 2.45) is 0 Å². The van der Waals surface area contributed by atoms with Gasteiger partial charge < -0.3 is 9.47 Å². The summed E-state index contributed by atoms with van der Waals surface area (Å²) >= 11 is 0. The first-order valence-electron chi connectivity index (χ1n) is 11.7. The molecule has 1 atom stereocenters. The van der Waals surface area contributed by atoms with Crippen molar-refractivity contribution >= 4 is 0 Å². The molecule has 160 valence electrons. The van der Waals surface area contributed by atoms with Gasteiger partial charge in [-0.05, 0) is 55.0 Å². The van der Waals surface area contributed by atoms with Crippen molar-refractivity contribution in [2.75, 3.05) is 13.2 Å². The van der Waals surface area contributed by atoms with E-state index in [-0.39, 0.29) is 6.10 Å². The van der Waals surface area contributed by atoms with Crippen molar-refractivity contribution in [3.8, 4) is 16.9 Å². The summed E-state index contributed by atoms with van der Waals surface area (Å²) in [6.07, 6.45) is 11.7. The summed E-state index contributed by atoms with van der Waals surface area (Å²) in [5, 5.41) is 0. The molecular formula is C27H40O2. The molecule has 0 N–H and O–H groups in total. The van der Waals surface area contributed by atoms with Gasteiger partial charge in [-0.3, -0.25) is 0 Å². The summed E-state index contributed by atoms with van der Waals surface area (Å²) in [5.41, 5.74) is 3.94. The molecule has 0 saturated heterocycles. The molecule has 0 bridgehead atoms. The lowest BCUT2D eigenvalue weighted by Gasteiger charge is -2.14. The molecule has 0 aromatic heterocycles. The Bertz CT molecular complexity index is 645. The Labute approximate surface area is 178 Å². The summed E-state index contributed by atoms with van der Waals surface area (Å²) in [5.74, 6) is 0.902. The third-order valence-electron chi connectivity index (χ3n) is 5.35. The van der Waals surface area contributed by atoms with E-state index >= 15 is 0 Å². The predicted octanol–water partition coefficient (Wildman–Crippen LogP) is 7.84. The zero-order chi connectivity index (χ0) is 20.7. The Morgan fingerprint density at radius 3 is 1.93 bits per heavy atom. The highest BCUT2D eigenvalue weighted by molar-refractivity contribution is 5.64. The fourth-order valence-corrected chi connectivity index (χ4v) is 3.41. The third kappa shape index (κ3) is 9.49. The Kier molecular flexibility index (Phi) is 11.5. The zero-order valence-electron chi connectivity index (χ0n) is 18.8. The van der Waals surface area contributed by atoms with E-state index in [1.807, 2.05) is 0 Å². The van der Waals surface area contributed by atoms with E-state index in [4.69, 9.17) is 9.47 Å². The van der Waals surface area contributed by atoms with Crippen LogP contribution < -0.4 is 4.74 Å². The van der Waals surface area contributed by atoms with Crippen molar-refractivity contribution < 1.29 is 9.47 Å². The van der Waals surface area contributed by atoms with Gasteiger partial charge in [0, 0.05) is 6.61 Å². The molecule has 0 amide bonds. The van der Waals surface area contributed by atoms with Gasteiger partial charge in [0.2, 0.25) is 0 Å². The number of unbranched alkanes of at least 4 members (excludes halogenated alkanes) is 6. The maximum absolute atomic E-state index is 5.86. The molecule has 0 aliphatic rings. The summed E-state index contributed by atoms with van der Waals surface area (Å²) in [6.45, 7) is 7.92. The van der Waals surface area contributed by atoms with Crippen LogP contribution in [0.3, 0.4) is 0 Å². The number of aryl methyl sites for hydroxylation is 1. The number of ether oxygens (including phenoxy) is 2. The standard InChI is InChI=1S/C27H40O2/c1-4-6-8-9-10-11-12-24-13-15-25(16-14-24)26-17-19-27(20-18-26)29-22-23(3)28-21-7-5-2/h13-20,23H,4-12,21-22H2,1-3H3/t23-/m0/s1. The molecule has 2 aromatic carbocycles. The van der Waals surface area contributed by atoms with E-state index in [0.29, 0.717) is 6.61 Å². The molecule has 0 radical (unpaired) electrons. The number of rotatable bonds is 15. The van der Waals surface area contributed by atoms with Crippen molar-refractivity contribution in [1.82, 2.24) is 0 Å². The molecule has 0 unspecified atom stereocenters. The Morgan fingerprint density at radius 1 is 0.690 bits per heavy atom. The van der Waals surface area contributed by atoms with Gasteiger partial charge in [0.05, 0.1) is 6.10 Å². The van der Waals surface area contributed by atoms with E-state index in [9.17, 15) is 0 Å². The largest absolute Gasteiger partial charge is 0.491 e. The molecule has 2 heteroatoms. The lowest BCUT2D eigenvalue weighted by Crippen LogP contribution is -2.18. The van der Waals surface area contributed by atoms with Crippen LogP contribution >= 0.6 is 0 Å². The first-order chi connectivity index (χ1) is 14.2. The van der Waals surface area contributed by atoms with E-state index in [0.717, 1.165) is 25.2 Å². The van der Waals surface area contributed by atoms with Gasteiger partial charge in [-0.25, -0.2) is 0 Å². The maximum Gasteiger partial charge on any atom is 0.119 e. The maximum atomic E-state index is 5.86.